The number of methoxy groups -OCH3 is 1. The fourth-order valence-corrected chi connectivity index (χ4v) is 4.61. The van der Waals surface area contributed by atoms with Crippen molar-refractivity contribution in [2.45, 2.75) is 31.5 Å². The number of pyridine rings is 2. The molecular formula is C25H31Cl2FN4O4. The highest BCUT2D eigenvalue weighted by Crippen LogP contribution is 2.29. The van der Waals surface area contributed by atoms with Crippen LogP contribution >= 0.6 is 24.8 Å². The van der Waals surface area contributed by atoms with Gasteiger partial charge in [0.2, 0.25) is 0 Å². The molecule has 5 rings (SSSR count). The normalized spacial score (nSPS) is 19.3. The maximum Gasteiger partial charge on any atom is 0.179 e. The van der Waals surface area contributed by atoms with Gasteiger partial charge < -0.3 is 29.5 Å². The Kier molecular flexibility index (Phi) is 9.92. The van der Waals surface area contributed by atoms with Crippen molar-refractivity contribution in [3.63, 3.8) is 0 Å². The number of nitrogens with zero attached hydrogens (tertiary/aromatic N) is 3. The number of hydrogen-bond acceptors (Lipinski definition) is 8. The summed E-state index contributed by atoms with van der Waals surface area (Å²) in [6.45, 7) is 3.61. The summed E-state index contributed by atoms with van der Waals surface area (Å²) in [4.78, 5) is 10.8. The van der Waals surface area contributed by atoms with E-state index in [-0.39, 0.29) is 36.7 Å². The summed E-state index contributed by atoms with van der Waals surface area (Å²) in [6, 6.07) is 7.35. The molecule has 3 aromatic rings. The smallest absolute Gasteiger partial charge is 0.179 e. The first kappa shape index (κ1) is 28.1. The number of likely N-dealkylation sites (tertiary alicyclic amines) is 1. The van der Waals surface area contributed by atoms with Crippen molar-refractivity contribution in [2.75, 3.05) is 40.0 Å². The van der Waals surface area contributed by atoms with Crippen molar-refractivity contribution >= 4 is 35.7 Å². The van der Waals surface area contributed by atoms with Crippen LogP contribution in [0.2, 0.25) is 0 Å². The predicted molar refractivity (Wildman–Crippen MR) is 139 cm³/mol. The molecule has 0 aliphatic carbocycles. The SMILES string of the molecule is COc1ccc2ncc(F)c(CCN3CC[C@H](NCc4cc5c(cn4)OCCO5)[C@@H](O)C3)c2c1.Cl.Cl. The van der Waals surface area contributed by atoms with Crippen molar-refractivity contribution in [3.05, 3.63) is 53.7 Å². The van der Waals surface area contributed by atoms with Gasteiger partial charge in [0, 0.05) is 42.7 Å². The Balaban J connectivity index is 0.00000180. The minimum Gasteiger partial charge on any atom is -0.497 e. The van der Waals surface area contributed by atoms with Crippen LogP contribution in [0.1, 0.15) is 17.7 Å². The second-order valence-corrected chi connectivity index (χ2v) is 8.68. The third-order valence-electron chi connectivity index (χ3n) is 6.51. The lowest BCUT2D eigenvalue weighted by atomic mass is 10.00. The van der Waals surface area contributed by atoms with Gasteiger partial charge in [0.05, 0.1) is 36.8 Å². The van der Waals surface area contributed by atoms with Crippen LogP contribution in [0.5, 0.6) is 17.2 Å². The van der Waals surface area contributed by atoms with Crippen molar-refractivity contribution in [1.82, 2.24) is 20.2 Å². The zero-order chi connectivity index (χ0) is 23.5. The number of aliphatic hydroxyl groups is 1. The highest BCUT2D eigenvalue weighted by Gasteiger charge is 2.27. The molecule has 1 saturated heterocycles. The van der Waals surface area contributed by atoms with E-state index in [1.807, 2.05) is 24.3 Å². The lowest BCUT2D eigenvalue weighted by Gasteiger charge is -2.36. The second kappa shape index (κ2) is 12.7. The van der Waals surface area contributed by atoms with Crippen LogP contribution < -0.4 is 19.5 Å². The van der Waals surface area contributed by atoms with Gasteiger partial charge in [-0.15, -0.1) is 24.8 Å². The maximum absolute atomic E-state index is 14.6. The van der Waals surface area contributed by atoms with Gasteiger partial charge in [-0.05, 0) is 37.6 Å². The number of aliphatic hydroxyl groups excluding tert-OH is 1. The molecule has 4 heterocycles. The summed E-state index contributed by atoms with van der Waals surface area (Å²) in [5.74, 6) is 1.74. The molecule has 1 aromatic carbocycles. The molecule has 1 fully saturated rings. The molecule has 11 heteroatoms. The first-order valence-electron chi connectivity index (χ1n) is 11.6. The third-order valence-corrected chi connectivity index (χ3v) is 6.51. The number of piperidine rings is 1. The molecule has 2 N–H and O–H groups in total. The molecule has 196 valence electrons. The van der Waals surface area contributed by atoms with Crippen LogP contribution in [0.4, 0.5) is 4.39 Å². The number of halogens is 3. The Morgan fingerprint density at radius 1 is 1.14 bits per heavy atom. The first-order chi connectivity index (χ1) is 16.6. The molecular weight excluding hydrogens is 510 g/mol. The van der Waals surface area contributed by atoms with Gasteiger partial charge in [0.15, 0.2) is 11.5 Å². The number of fused-ring (bicyclic) bond motifs is 2. The van der Waals surface area contributed by atoms with E-state index in [0.717, 1.165) is 29.6 Å². The second-order valence-electron chi connectivity index (χ2n) is 8.68. The number of benzene rings is 1. The van der Waals surface area contributed by atoms with Gasteiger partial charge in [-0.2, -0.15) is 0 Å². The standard InChI is InChI=1S/C25H29FN4O4.2ClH/c1-32-17-2-3-21-19(11-17)18(20(26)13-29-21)4-6-30-7-5-22(23(31)15-30)28-12-16-10-24-25(14-27-16)34-9-8-33-24;;/h2-3,10-11,13-14,22-23,28,31H,4-9,12,15H2,1H3;2*1H/t22-,23-;;/m0../s1. The van der Waals surface area contributed by atoms with E-state index in [4.69, 9.17) is 14.2 Å². The summed E-state index contributed by atoms with van der Waals surface area (Å²) >= 11 is 0. The lowest BCUT2D eigenvalue weighted by molar-refractivity contribution is 0.0402. The zero-order valence-electron chi connectivity index (χ0n) is 20.0. The predicted octanol–water partition coefficient (Wildman–Crippen LogP) is 3.16. The number of rotatable bonds is 7. The zero-order valence-corrected chi connectivity index (χ0v) is 21.6. The molecule has 0 unspecified atom stereocenters. The third kappa shape index (κ3) is 6.27. The Hall–Kier alpha value is -2.43. The maximum atomic E-state index is 14.6. The van der Waals surface area contributed by atoms with Gasteiger partial charge in [0.25, 0.3) is 0 Å². The Morgan fingerprint density at radius 2 is 1.94 bits per heavy atom. The van der Waals surface area contributed by atoms with E-state index in [2.05, 4.69) is 20.2 Å². The van der Waals surface area contributed by atoms with Crippen LogP contribution in [-0.4, -0.2) is 72.1 Å². The molecule has 2 aliphatic heterocycles. The summed E-state index contributed by atoms with van der Waals surface area (Å²) < 4.78 is 31.0. The summed E-state index contributed by atoms with van der Waals surface area (Å²) in [7, 11) is 1.59. The quantitative estimate of drug-likeness (QED) is 0.472. The van der Waals surface area contributed by atoms with Crippen molar-refractivity contribution < 1.29 is 23.7 Å². The van der Waals surface area contributed by atoms with E-state index in [1.165, 1.54) is 6.20 Å². The average Bonchev–Trinajstić information content (AvgIpc) is 2.87. The van der Waals surface area contributed by atoms with Crippen LogP contribution in [-0.2, 0) is 13.0 Å². The fourth-order valence-electron chi connectivity index (χ4n) is 4.61. The van der Waals surface area contributed by atoms with Gasteiger partial charge in [-0.1, -0.05) is 0 Å². The number of aromatic nitrogens is 2. The van der Waals surface area contributed by atoms with Crippen molar-refractivity contribution in [2.24, 2.45) is 0 Å². The molecule has 2 aromatic heterocycles. The van der Waals surface area contributed by atoms with Crippen LogP contribution in [0.15, 0.2) is 36.7 Å². The highest BCUT2D eigenvalue weighted by atomic mass is 35.5. The number of β-amino-alcohol motifs (C(OH)–C–C–N with tert-alkyl or cyclic N) is 1. The van der Waals surface area contributed by atoms with Crippen LogP contribution in [0.3, 0.4) is 0 Å². The Labute approximate surface area is 222 Å². The number of nitrogens with one attached hydrogen (secondary N) is 1. The van der Waals surface area contributed by atoms with Gasteiger partial charge in [-0.25, -0.2) is 4.39 Å². The van der Waals surface area contributed by atoms with Crippen molar-refractivity contribution in [1.29, 1.82) is 0 Å². The molecule has 2 aliphatic rings. The summed E-state index contributed by atoms with van der Waals surface area (Å²) in [5.41, 5.74) is 2.21. The largest absolute Gasteiger partial charge is 0.497 e. The summed E-state index contributed by atoms with van der Waals surface area (Å²) in [5, 5.41) is 14.9. The fraction of sp³-hybridized carbons (Fsp3) is 0.440. The van der Waals surface area contributed by atoms with Crippen LogP contribution in [0.25, 0.3) is 10.9 Å². The van der Waals surface area contributed by atoms with E-state index in [0.29, 0.717) is 62.1 Å². The number of hydrogen-bond donors (Lipinski definition) is 2. The molecule has 8 nitrogen and oxygen atoms in total. The van der Waals surface area contributed by atoms with E-state index >= 15 is 0 Å². The molecule has 0 amide bonds. The molecule has 0 radical (unpaired) electrons. The molecule has 2 atom stereocenters. The van der Waals surface area contributed by atoms with E-state index in [9.17, 15) is 9.50 Å². The molecule has 0 spiro atoms. The van der Waals surface area contributed by atoms with Gasteiger partial charge in [-0.3, -0.25) is 9.97 Å². The average molecular weight is 541 g/mol. The number of ether oxygens (including phenoxy) is 3. The minimum absolute atomic E-state index is 0. The van der Waals surface area contributed by atoms with Gasteiger partial charge in [0.1, 0.15) is 24.8 Å². The Bertz CT molecular complexity index is 1170. The monoisotopic (exact) mass is 540 g/mol. The Morgan fingerprint density at radius 3 is 2.72 bits per heavy atom. The van der Waals surface area contributed by atoms with E-state index in [1.54, 1.807) is 13.3 Å². The van der Waals surface area contributed by atoms with E-state index < -0.39 is 6.10 Å². The lowest BCUT2D eigenvalue weighted by Crippen LogP contribution is -2.52. The molecule has 0 bridgehead atoms. The summed E-state index contributed by atoms with van der Waals surface area (Å²) in [6.07, 6.45) is 3.76. The highest BCUT2D eigenvalue weighted by molar-refractivity contribution is 5.85. The van der Waals surface area contributed by atoms with Crippen molar-refractivity contribution in [3.8, 4) is 17.2 Å². The van der Waals surface area contributed by atoms with Crippen LogP contribution in [0, 0.1) is 5.82 Å². The molecule has 0 saturated carbocycles. The molecule has 36 heavy (non-hydrogen) atoms. The first-order valence-corrected chi connectivity index (χ1v) is 11.6. The topological polar surface area (TPSA) is 89.0 Å². The minimum atomic E-state index is -0.523. The van der Waals surface area contributed by atoms with Gasteiger partial charge >= 0.3 is 0 Å².